The molecule has 0 unspecified atom stereocenters. The summed E-state index contributed by atoms with van der Waals surface area (Å²) in [4.78, 5) is 6.46. The summed E-state index contributed by atoms with van der Waals surface area (Å²) >= 11 is 0. The molecule has 1 rings (SSSR count). The van der Waals surface area contributed by atoms with Crippen molar-refractivity contribution in [2.45, 2.75) is 32.7 Å². The van der Waals surface area contributed by atoms with Crippen molar-refractivity contribution in [1.82, 2.24) is 20.7 Å². The first kappa shape index (κ1) is 23.1. The Morgan fingerprint density at radius 2 is 2.12 bits per heavy atom. The highest BCUT2D eigenvalue weighted by Crippen LogP contribution is 2.13. The number of aliphatic imine (C=N–C) groups is 1. The molecular formula is C16H32IN5O2. The molecule has 0 bridgehead atoms. The molecule has 0 saturated carbocycles. The molecule has 7 nitrogen and oxygen atoms in total. The van der Waals surface area contributed by atoms with Gasteiger partial charge in [-0.15, -0.1) is 24.0 Å². The van der Waals surface area contributed by atoms with Crippen LogP contribution in [0.25, 0.3) is 0 Å². The maximum Gasteiger partial charge on any atom is 0.191 e. The first-order valence-corrected chi connectivity index (χ1v) is 8.14. The predicted octanol–water partition coefficient (Wildman–Crippen LogP) is 2.05. The van der Waals surface area contributed by atoms with Crippen LogP contribution in [0.4, 0.5) is 0 Å². The van der Waals surface area contributed by atoms with Gasteiger partial charge in [0.2, 0.25) is 0 Å². The molecule has 0 radical (unpaired) electrons. The maximum atomic E-state index is 5.30. The van der Waals surface area contributed by atoms with Crippen molar-refractivity contribution in [3.05, 3.63) is 17.5 Å². The minimum absolute atomic E-state index is 0. The molecular weight excluding hydrogens is 421 g/mol. The van der Waals surface area contributed by atoms with E-state index in [1.54, 1.807) is 14.2 Å². The van der Waals surface area contributed by atoms with Crippen molar-refractivity contribution in [1.29, 1.82) is 0 Å². The molecule has 24 heavy (non-hydrogen) atoms. The summed E-state index contributed by atoms with van der Waals surface area (Å²) < 4.78 is 10.4. The van der Waals surface area contributed by atoms with Crippen LogP contribution in [0.1, 0.15) is 37.6 Å². The molecule has 8 heteroatoms. The summed E-state index contributed by atoms with van der Waals surface area (Å²) in [7, 11) is 5.59. The standard InChI is InChI=1S/C16H31N5O2.HI/c1-13(2)15-11-14(23-20-15)12-19-16(17-3)18-7-6-8-21(4)9-10-22-5;/h11,13H,6-10,12H2,1-5H3,(H2,17,18,19);1H. The third-order valence-corrected chi connectivity index (χ3v) is 3.51. The van der Waals surface area contributed by atoms with Gasteiger partial charge in [0.05, 0.1) is 18.8 Å². The van der Waals surface area contributed by atoms with E-state index in [1.165, 1.54) is 0 Å². The van der Waals surface area contributed by atoms with Crippen molar-refractivity contribution >= 4 is 29.9 Å². The lowest BCUT2D eigenvalue weighted by molar-refractivity contribution is 0.161. The highest BCUT2D eigenvalue weighted by atomic mass is 127. The van der Waals surface area contributed by atoms with E-state index >= 15 is 0 Å². The minimum atomic E-state index is 0. The van der Waals surface area contributed by atoms with Gasteiger partial charge in [-0.2, -0.15) is 0 Å². The smallest absolute Gasteiger partial charge is 0.191 e. The number of hydrogen-bond acceptors (Lipinski definition) is 5. The van der Waals surface area contributed by atoms with Gasteiger partial charge in [0.25, 0.3) is 0 Å². The molecule has 140 valence electrons. The molecule has 0 amide bonds. The van der Waals surface area contributed by atoms with Crippen LogP contribution in [0.2, 0.25) is 0 Å². The number of hydrogen-bond donors (Lipinski definition) is 2. The average Bonchev–Trinajstić information content (AvgIpc) is 3.01. The lowest BCUT2D eigenvalue weighted by Crippen LogP contribution is -2.38. The fourth-order valence-electron chi connectivity index (χ4n) is 1.99. The molecule has 0 atom stereocenters. The van der Waals surface area contributed by atoms with Crippen molar-refractivity contribution < 1.29 is 9.26 Å². The third kappa shape index (κ3) is 9.43. The van der Waals surface area contributed by atoms with Gasteiger partial charge < -0.3 is 24.8 Å². The molecule has 1 heterocycles. The van der Waals surface area contributed by atoms with Gasteiger partial charge in [-0.3, -0.25) is 4.99 Å². The molecule has 0 fully saturated rings. The average molecular weight is 453 g/mol. The second-order valence-corrected chi connectivity index (χ2v) is 5.87. The first-order chi connectivity index (χ1) is 11.1. The van der Waals surface area contributed by atoms with Crippen LogP contribution in [-0.4, -0.2) is 63.5 Å². The number of guanidine groups is 1. The normalized spacial score (nSPS) is 11.7. The summed E-state index contributed by atoms with van der Waals surface area (Å²) in [5.41, 5.74) is 0.976. The first-order valence-electron chi connectivity index (χ1n) is 8.14. The lowest BCUT2D eigenvalue weighted by atomic mass is 10.1. The van der Waals surface area contributed by atoms with E-state index in [0.717, 1.165) is 50.1 Å². The fraction of sp³-hybridized carbons (Fsp3) is 0.750. The van der Waals surface area contributed by atoms with Crippen LogP contribution in [-0.2, 0) is 11.3 Å². The van der Waals surface area contributed by atoms with Crippen molar-refractivity contribution in [3.63, 3.8) is 0 Å². The zero-order valence-corrected chi connectivity index (χ0v) is 17.8. The third-order valence-electron chi connectivity index (χ3n) is 3.51. The number of methoxy groups -OCH3 is 1. The minimum Gasteiger partial charge on any atom is -0.383 e. The molecule has 0 aliphatic rings. The number of nitrogens with one attached hydrogen (secondary N) is 2. The largest absolute Gasteiger partial charge is 0.383 e. The van der Waals surface area contributed by atoms with Gasteiger partial charge in [-0.25, -0.2) is 0 Å². The number of likely N-dealkylation sites (N-methyl/N-ethyl adjacent to an activating group) is 1. The zero-order valence-electron chi connectivity index (χ0n) is 15.5. The number of aromatic nitrogens is 1. The van der Waals surface area contributed by atoms with Crippen molar-refractivity contribution in [3.8, 4) is 0 Å². The van der Waals surface area contributed by atoms with E-state index in [2.05, 4.69) is 46.6 Å². The highest BCUT2D eigenvalue weighted by molar-refractivity contribution is 14.0. The van der Waals surface area contributed by atoms with Gasteiger partial charge in [0.15, 0.2) is 11.7 Å². The van der Waals surface area contributed by atoms with Gasteiger partial charge in [-0.05, 0) is 25.9 Å². The van der Waals surface area contributed by atoms with Crippen molar-refractivity contribution in [2.75, 3.05) is 47.4 Å². The van der Waals surface area contributed by atoms with Gasteiger partial charge in [0, 0.05) is 33.3 Å². The Kier molecular flexibility index (Phi) is 12.9. The molecule has 0 saturated heterocycles. The Bertz CT molecular complexity index is 465. The van der Waals surface area contributed by atoms with Crippen LogP contribution in [0.15, 0.2) is 15.6 Å². The van der Waals surface area contributed by atoms with Crippen LogP contribution in [0.3, 0.4) is 0 Å². The molecule has 0 aliphatic carbocycles. The lowest BCUT2D eigenvalue weighted by Gasteiger charge is -2.16. The van der Waals surface area contributed by atoms with E-state index in [0.29, 0.717) is 12.5 Å². The van der Waals surface area contributed by atoms with Gasteiger partial charge in [-0.1, -0.05) is 19.0 Å². The quantitative estimate of drug-likeness (QED) is 0.245. The number of nitrogens with zero attached hydrogens (tertiary/aromatic N) is 3. The van der Waals surface area contributed by atoms with Crippen LogP contribution >= 0.6 is 24.0 Å². The van der Waals surface area contributed by atoms with E-state index in [1.807, 2.05) is 6.07 Å². The Balaban J connectivity index is 0.00000529. The van der Waals surface area contributed by atoms with Crippen LogP contribution in [0, 0.1) is 0 Å². The summed E-state index contributed by atoms with van der Waals surface area (Å²) in [5.74, 6) is 1.96. The molecule has 1 aromatic heterocycles. The van der Waals surface area contributed by atoms with E-state index < -0.39 is 0 Å². The van der Waals surface area contributed by atoms with E-state index in [9.17, 15) is 0 Å². The summed E-state index contributed by atoms with van der Waals surface area (Å²) in [6, 6.07) is 1.98. The summed E-state index contributed by atoms with van der Waals surface area (Å²) in [6.07, 6.45) is 1.04. The van der Waals surface area contributed by atoms with Crippen LogP contribution in [0.5, 0.6) is 0 Å². The SMILES string of the molecule is CN=C(NCCCN(C)CCOC)NCc1cc(C(C)C)no1.I. The van der Waals surface area contributed by atoms with Crippen molar-refractivity contribution in [2.24, 2.45) is 4.99 Å². The molecule has 0 spiro atoms. The second kappa shape index (κ2) is 13.4. The van der Waals surface area contributed by atoms with E-state index in [4.69, 9.17) is 9.26 Å². The molecule has 0 aromatic carbocycles. The Morgan fingerprint density at radius 1 is 1.38 bits per heavy atom. The second-order valence-electron chi connectivity index (χ2n) is 5.87. The topological polar surface area (TPSA) is 74.9 Å². The van der Waals surface area contributed by atoms with E-state index in [-0.39, 0.29) is 24.0 Å². The Labute approximate surface area is 162 Å². The molecule has 0 aliphatic heterocycles. The highest BCUT2D eigenvalue weighted by Gasteiger charge is 2.08. The Hall–Kier alpha value is -0.870. The fourth-order valence-corrected chi connectivity index (χ4v) is 1.99. The predicted molar refractivity (Wildman–Crippen MR) is 108 cm³/mol. The van der Waals surface area contributed by atoms with Gasteiger partial charge in [0.1, 0.15) is 0 Å². The summed E-state index contributed by atoms with van der Waals surface area (Å²) in [5, 5.41) is 10.6. The maximum absolute atomic E-state index is 5.30. The Morgan fingerprint density at radius 3 is 2.71 bits per heavy atom. The molecule has 2 N–H and O–H groups in total. The monoisotopic (exact) mass is 453 g/mol. The number of ether oxygens (including phenoxy) is 1. The van der Waals surface area contributed by atoms with Crippen LogP contribution < -0.4 is 10.6 Å². The zero-order chi connectivity index (χ0) is 17.1. The number of halogens is 1. The van der Waals surface area contributed by atoms with Gasteiger partial charge >= 0.3 is 0 Å². The summed E-state index contributed by atoms with van der Waals surface area (Å²) in [6.45, 7) is 8.37. The number of rotatable bonds is 10. The molecule has 1 aromatic rings.